The molecule has 5 nitrogen and oxygen atoms in total. The van der Waals surface area contributed by atoms with Crippen molar-refractivity contribution < 1.29 is 14.6 Å². The summed E-state index contributed by atoms with van der Waals surface area (Å²) in [4.78, 5) is 14.4. The predicted octanol–water partition coefficient (Wildman–Crippen LogP) is 2.93. The molecule has 1 aromatic carbocycles. The molecule has 2 amide bonds. The predicted molar refractivity (Wildman–Crippen MR) is 97.2 cm³/mol. The number of ether oxygens (including phenoxy) is 1. The van der Waals surface area contributed by atoms with Crippen LogP contribution in [0.25, 0.3) is 0 Å². The van der Waals surface area contributed by atoms with Gasteiger partial charge < -0.3 is 20.1 Å². The van der Waals surface area contributed by atoms with Crippen LogP contribution in [0.15, 0.2) is 30.3 Å². The molecule has 0 bridgehead atoms. The molecule has 1 saturated heterocycles. The van der Waals surface area contributed by atoms with Crippen LogP contribution < -0.4 is 5.32 Å². The van der Waals surface area contributed by atoms with Crippen LogP contribution in [0.3, 0.4) is 0 Å². The molecule has 1 saturated carbocycles. The van der Waals surface area contributed by atoms with Gasteiger partial charge in [0.05, 0.1) is 24.9 Å². The smallest absolute Gasteiger partial charge is 0.317 e. The van der Waals surface area contributed by atoms with Crippen LogP contribution in [0.5, 0.6) is 0 Å². The molecule has 4 atom stereocenters. The van der Waals surface area contributed by atoms with Crippen LogP contribution in [-0.4, -0.2) is 47.4 Å². The summed E-state index contributed by atoms with van der Waals surface area (Å²) in [5, 5.41) is 12.9. The average molecular weight is 346 g/mol. The van der Waals surface area contributed by atoms with Crippen molar-refractivity contribution in [1.29, 1.82) is 0 Å². The second-order valence-corrected chi connectivity index (χ2v) is 7.41. The number of urea groups is 1. The molecule has 25 heavy (non-hydrogen) atoms. The van der Waals surface area contributed by atoms with Gasteiger partial charge in [-0.25, -0.2) is 4.79 Å². The summed E-state index contributed by atoms with van der Waals surface area (Å²) >= 11 is 0. The quantitative estimate of drug-likeness (QED) is 0.862. The van der Waals surface area contributed by atoms with E-state index in [-0.39, 0.29) is 30.2 Å². The first-order valence-electron chi connectivity index (χ1n) is 9.52. The van der Waals surface area contributed by atoms with Gasteiger partial charge in [-0.2, -0.15) is 0 Å². The van der Waals surface area contributed by atoms with E-state index in [1.165, 1.54) is 0 Å². The zero-order valence-corrected chi connectivity index (χ0v) is 15.1. The second kappa shape index (κ2) is 8.68. The number of hydrogen-bond acceptors (Lipinski definition) is 3. The van der Waals surface area contributed by atoms with E-state index < -0.39 is 0 Å². The number of amides is 2. The van der Waals surface area contributed by atoms with E-state index in [1.54, 1.807) is 6.92 Å². The highest BCUT2D eigenvalue weighted by molar-refractivity contribution is 5.75. The molecule has 1 aromatic rings. The van der Waals surface area contributed by atoms with Gasteiger partial charge in [0.2, 0.25) is 0 Å². The van der Waals surface area contributed by atoms with Crippen LogP contribution in [0.4, 0.5) is 4.79 Å². The number of carbonyl (C=O) groups is 1. The number of likely N-dealkylation sites (tertiary alicyclic amines) is 1. The van der Waals surface area contributed by atoms with Crippen LogP contribution >= 0.6 is 0 Å². The normalized spacial score (nSPS) is 27.9. The molecule has 1 aliphatic heterocycles. The Bertz CT molecular complexity index is 549. The van der Waals surface area contributed by atoms with Crippen molar-refractivity contribution in [3.8, 4) is 0 Å². The Morgan fingerprint density at radius 3 is 2.76 bits per heavy atom. The number of nitrogens with one attached hydrogen (secondary N) is 1. The monoisotopic (exact) mass is 346 g/mol. The van der Waals surface area contributed by atoms with E-state index in [0.29, 0.717) is 13.2 Å². The van der Waals surface area contributed by atoms with Gasteiger partial charge in [0.25, 0.3) is 0 Å². The van der Waals surface area contributed by atoms with Crippen LogP contribution in [0.2, 0.25) is 0 Å². The van der Waals surface area contributed by atoms with Crippen LogP contribution in [-0.2, 0) is 11.3 Å². The van der Waals surface area contributed by atoms with Crippen molar-refractivity contribution >= 4 is 6.03 Å². The van der Waals surface area contributed by atoms with Gasteiger partial charge in [0, 0.05) is 19.0 Å². The van der Waals surface area contributed by atoms with Crippen molar-refractivity contribution in [3.05, 3.63) is 35.9 Å². The summed E-state index contributed by atoms with van der Waals surface area (Å²) in [7, 11) is 0. The number of aliphatic hydroxyl groups is 1. The summed E-state index contributed by atoms with van der Waals surface area (Å²) in [6, 6.07) is 10.2. The SMILES string of the molecule is C[C@H](O)[C@@H]1CCN(C(=O)N[C@@H]2CCCC[C@@H]2OCc2ccccc2)C1. The highest BCUT2D eigenvalue weighted by Gasteiger charge is 2.32. The first-order chi connectivity index (χ1) is 12.1. The lowest BCUT2D eigenvalue weighted by molar-refractivity contribution is -0.00368. The fourth-order valence-electron chi connectivity index (χ4n) is 3.85. The van der Waals surface area contributed by atoms with E-state index in [2.05, 4.69) is 17.4 Å². The molecule has 0 aromatic heterocycles. The lowest BCUT2D eigenvalue weighted by Gasteiger charge is -2.33. The van der Waals surface area contributed by atoms with Crippen molar-refractivity contribution in [2.45, 2.75) is 63.9 Å². The van der Waals surface area contributed by atoms with Crippen LogP contribution in [0.1, 0.15) is 44.6 Å². The maximum absolute atomic E-state index is 12.6. The van der Waals surface area contributed by atoms with Crippen molar-refractivity contribution in [2.24, 2.45) is 5.92 Å². The average Bonchev–Trinajstić information content (AvgIpc) is 3.12. The molecule has 2 fully saturated rings. The summed E-state index contributed by atoms with van der Waals surface area (Å²) in [6.07, 6.45) is 4.85. The minimum Gasteiger partial charge on any atom is -0.393 e. The molecule has 138 valence electrons. The first kappa shape index (κ1) is 18.2. The third-order valence-electron chi connectivity index (χ3n) is 5.51. The lowest BCUT2D eigenvalue weighted by atomic mass is 9.92. The van der Waals surface area contributed by atoms with Gasteiger partial charge in [0.1, 0.15) is 0 Å². The van der Waals surface area contributed by atoms with Gasteiger partial charge in [-0.1, -0.05) is 43.2 Å². The van der Waals surface area contributed by atoms with E-state index in [0.717, 1.165) is 44.2 Å². The topological polar surface area (TPSA) is 61.8 Å². The molecule has 0 spiro atoms. The zero-order chi connectivity index (χ0) is 17.6. The number of nitrogens with zero attached hydrogens (tertiary/aromatic N) is 1. The molecular formula is C20H30N2O3. The highest BCUT2D eigenvalue weighted by atomic mass is 16.5. The number of hydrogen-bond donors (Lipinski definition) is 2. The summed E-state index contributed by atoms with van der Waals surface area (Å²) in [5.74, 6) is 0.197. The maximum Gasteiger partial charge on any atom is 0.317 e. The highest BCUT2D eigenvalue weighted by Crippen LogP contribution is 2.24. The number of benzene rings is 1. The third-order valence-corrected chi connectivity index (χ3v) is 5.51. The maximum atomic E-state index is 12.6. The molecule has 0 radical (unpaired) electrons. The molecule has 2 N–H and O–H groups in total. The number of rotatable bonds is 5. The Balaban J connectivity index is 1.51. The summed E-state index contributed by atoms with van der Waals surface area (Å²) < 4.78 is 6.13. The van der Waals surface area contributed by atoms with Gasteiger partial charge in [-0.15, -0.1) is 0 Å². The van der Waals surface area contributed by atoms with E-state index in [9.17, 15) is 9.90 Å². The minimum absolute atomic E-state index is 0.0108. The summed E-state index contributed by atoms with van der Waals surface area (Å²) in [5.41, 5.74) is 1.16. The van der Waals surface area contributed by atoms with E-state index in [1.807, 2.05) is 23.1 Å². The first-order valence-corrected chi connectivity index (χ1v) is 9.52. The zero-order valence-electron chi connectivity index (χ0n) is 15.1. The Morgan fingerprint density at radius 2 is 2.04 bits per heavy atom. The van der Waals surface area contributed by atoms with Crippen LogP contribution in [0, 0.1) is 5.92 Å². The van der Waals surface area contributed by atoms with Gasteiger partial charge in [-0.05, 0) is 31.7 Å². The van der Waals surface area contributed by atoms with E-state index >= 15 is 0 Å². The van der Waals surface area contributed by atoms with Crippen molar-refractivity contribution in [1.82, 2.24) is 10.2 Å². The Morgan fingerprint density at radius 1 is 1.28 bits per heavy atom. The van der Waals surface area contributed by atoms with Gasteiger partial charge in [0.15, 0.2) is 0 Å². The fraction of sp³-hybridized carbons (Fsp3) is 0.650. The standard InChI is InChI=1S/C20H30N2O3/c1-15(23)17-11-12-22(13-17)20(24)21-18-9-5-6-10-19(18)25-14-16-7-3-2-4-8-16/h2-4,7-8,15,17-19,23H,5-6,9-14H2,1H3,(H,21,24)/t15-,17+,18+,19-/m0/s1. The van der Waals surface area contributed by atoms with E-state index in [4.69, 9.17) is 4.74 Å². The Kier molecular flexibility index (Phi) is 6.32. The molecule has 5 heteroatoms. The minimum atomic E-state index is -0.352. The second-order valence-electron chi connectivity index (χ2n) is 7.41. The van der Waals surface area contributed by atoms with Gasteiger partial charge in [-0.3, -0.25) is 0 Å². The molecule has 2 aliphatic rings. The Labute approximate surface area is 150 Å². The summed E-state index contributed by atoms with van der Waals surface area (Å²) in [6.45, 7) is 3.77. The molecule has 3 rings (SSSR count). The Hall–Kier alpha value is -1.59. The molecule has 1 aliphatic carbocycles. The fourth-order valence-corrected chi connectivity index (χ4v) is 3.85. The molecule has 0 unspecified atom stereocenters. The largest absolute Gasteiger partial charge is 0.393 e. The van der Waals surface area contributed by atoms with Crippen molar-refractivity contribution in [3.63, 3.8) is 0 Å². The lowest BCUT2D eigenvalue weighted by Crippen LogP contribution is -2.50. The molecule has 1 heterocycles. The number of aliphatic hydroxyl groups excluding tert-OH is 1. The third kappa shape index (κ3) is 4.95. The molecular weight excluding hydrogens is 316 g/mol. The van der Waals surface area contributed by atoms with Gasteiger partial charge >= 0.3 is 6.03 Å². The van der Waals surface area contributed by atoms with Crippen molar-refractivity contribution in [2.75, 3.05) is 13.1 Å². The number of carbonyl (C=O) groups excluding carboxylic acids is 1.